The number of ether oxygens (including phenoxy) is 1. The normalized spacial score (nSPS) is 16.3. The number of benzene rings is 2. The van der Waals surface area contributed by atoms with Crippen molar-refractivity contribution in [3.63, 3.8) is 0 Å². The minimum absolute atomic E-state index is 0.0729. The summed E-state index contributed by atoms with van der Waals surface area (Å²) in [5, 5.41) is 7.12. The lowest BCUT2D eigenvalue weighted by Crippen LogP contribution is -2.33. The van der Waals surface area contributed by atoms with E-state index >= 15 is 0 Å². The van der Waals surface area contributed by atoms with Gasteiger partial charge in [0.1, 0.15) is 0 Å². The lowest BCUT2D eigenvalue weighted by Gasteiger charge is -2.28. The number of rotatable bonds is 9. The number of anilines is 1. The summed E-state index contributed by atoms with van der Waals surface area (Å²) in [4.78, 5) is 32.5. The first-order chi connectivity index (χ1) is 20.3. The second-order valence-electron chi connectivity index (χ2n) is 10.3. The third kappa shape index (κ3) is 5.65. The fourth-order valence-electron chi connectivity index (χ4n) is 5.78. The van der Waals surface area contributed by atoms with Gasteiger partial charge in [0.05, 0.1) is 36.1 Å². The molecule has 1 aliphatic rings. The van der Waals surface area contributed by atoms with E-state index in [2.05, 4.69) is 38.1 Å². The van der Waals surface area contributed by atoms with Crippen molar-refractivity contribution >= 4 is 34.9 Å². The number of hydrogen-bond donors (Lipinski definition) is 2. The molecule has 8 nitrogen and oxygen atoms in total. The molecule has 2 N–H and O–H groups in total. The van der Waals surface area contributed by atoms with Crippen molar-refractivity contribution in [1.29, 1.82) is 0 Å². The van der Waals surface area contributed by atoms with E-state index in [1.54, 1.807) is 12.3 Å². The predicted octanol–water partition coefficient (Wildman–Crippen LogP) is 5.84. The number of carbonyl (C=O) groups is 2. The van der Waals surface area contributed by atoms with Crippen LogP contribution in [0.25, 0.3) is 5.69 Å². The number of nitrogens with one attached hydrogen (secondary N) is 2. The Morgan fingerprint density at radius 1 is 1.05 bits per heavy atom. The molecule has 2 atom stereocenters. The van der Waals surface area contributed by atoms with E-state index in [1.165, 1.54) is 7.11 Å². The number of carbonyl (C=O) groups excluding carboxylic acids is 2. The largest absolute Gasteiger partial charge is 0.465 e. The van der Waals surface area contributed by atoms with Crippen LogP contribution in [0.2, 0.25) is 0 Å². The van der Waals surface area contributed by atoms with Gasteiger partial charge in [0.15, 0.2) is 5.11 Å². The van der Waals surface area contributed by atoms with Gasteiger partial charge in [0.25, 0.3) is 0 Å². The number of methoxy groups -OCH3 is 1. The summed E-state index contributed by atoms with van der Waals surface area (Å²) in [7, 11) is 1.39. The highest BCUT2D eigenvalue weighted by atomic mass is 32.1. The second-order valence-corrected chi connectivity index (χ2v) is 10.7. The zero-order valence-corrected chi connectivity index (χ0v) is 25.1. The van der Waals surface area contributed by atoms with Crippen LogP contribution in [0.15, 0.2) is 79.0 Å². The fraction of sp³-hybridized carbons (Fsp3) is 0.273. The summed E-state index contributed by atoms with van der Waals surface area (Å²) in [5.74, 6) is -0.469. The third-order valence-corrected chi connectivity index (χ3v) is 8.14. The van der Waals surface area contributed by atoms with Crippen molar-refractivity contribution in [3.05, 3.63) is 113 Å². The molecule has 3 heterocycles. The molecular formula is C33H35N5O3S. The van der Waals surface area contributed by atoms with E-state index in [4.69, 9.17) is 17.0 Å². The molecular weight excluding hydrogens is 546 g/mol. The van der Waals surface area contributed by atoms with Crippen LogP contribution in [-0.4, -0.2) is 45.1 Å². The number of aryl methyl sites for hydroxylation is 2. The second kappa shape index (κ2) is 12.6. The predicted molar refractivity (Wildman–Crippen MR) is 168 cm³/mol. The van der Waals surface area contributed by atoms with E-state index in [0.29, 0.717) is 17.2 Å². The van der Waals surface area contributed by atoms with Crippen molar-refractivity contribution in [2.45, 2.75) is 45.7 Å². The summed E-state index contributed by atoms with van der Waals surface area (Å²) < 4.78 is 7.14. The van der Waals surface area contributed by atoms with Crippen molar-refractivity contribution in [2.24, 2.45) is 0 Å². The summed E-state index contributed by atoms with van der Waals surface area (Å²) in [5.41, 5.74) is 6.97. The van der Waals surface area contributed by atoms with Crippen molar-refractivity contribution < 1.29 is 14.3 Å². The molecule has 42 heavy (non-hydrogen) atoms. The Balaban J connectivity index is 1.50. The average Bonchev–Trinajstić information content (AvgIpc) is 3.50. The summed E-state index contributed by atoms with van der Waals surface area (Å²) >= 11 is 5.85. The number of pyridine rings is 1. The molecule has 5 rings (SSSR count). The molecule has 2 aromatic carbocycles. The molecule has 0 spiro atoms. The van der Waals surface area contributed by atoms with Gasteiger partial charge in [-0.05, 0) is 80.0 Å². The molecule has 0 saturated carbocycles. The highest BCUT2D eigenvalue weighted by Crippen LogP contribution is 2.41. The monoisotopic (exact) mass is 581 g/mol. The molecule has 0 unspecified atom stereocenters. The first-order valence-corrected chi connectivity index (χ1v) is 14.5. The van der Waals surface area contributed by atoms with Crippen molar-refractivity contribution in [3.8, 4) is 5.69 Å². The van der Waals surface area contributed by atoms with Gasteiger partial charge >= 0.3 is 5.97 Å². The molecule has 0 aliphatic carbocycles. The molecule has 0 bridgehead atoms. The average molecular weight is 582 g/mol. The van der Waals surface area contributed by atoms with Crippen LogP contribution in [0.5, 0.6) is 0 Å². The molecule has 1 saturated heterocycles. The fourth-order valence-corrected chi connectivity index (χ4v) is 6.11. The Bertz CT molecular complexity index is 1620. The smallest absolute Gasteiger partial charge is 0.339 e. The Kier molecular flexibility index (Phi) is 8.68. The van der Waals surface area contributed by atoms with E-state index in [1.807, 2.05) is 74.5 Å². The minimum atomic E-state index is -0.396. The quantitative estimate of drug-likeness (QED) is 0.190. The maximum Gasteiger partial charge on any atom is 0.339 e. The van der Waals surface area contributed by atoms with E-state index < -0.39 is 5.97 Å². The standard InChI is InChI=1S/C33H35N5O3S/c1-5-23-12-6-8-14-26(23)35-29(39)17-19-37-31(30(36-33(37)42)27-15-10-11-18-34-27)25-20-21(2)38(22(25)3)28-16-9-7-13-24(28)32(40)41-4/h6-16,18,20,30-31H,5,17,19H2,1-4H3,(H,35,39)(H,36,42)/t30-,31+/m1/s1. The van der Waals surface area contributed by atoms with Crippen LogP contribution in [-0.2, 0) is 16.0 Å². The van der Waals surface area contributed by atoms with Gasteiger partial charge in [0, 0.05) is 36.2 Å². The van der Waals surface area contributed by atoms with E-state index in [0.717, 1.165) is 46.0 Å². The van der Waals surface area contributed by atoms with Crippen LogP contribution in [0.3, 0.4) is 0 Å². The highest BCUT2D eigenvalue weighted by Gasteiger charge is 2.41. The molecule has 0 radical (unpaired) electrons. The molecule has 1 aliphatic heterocycles. The Morgan fingerprint density at radius 3 is 2.52 bits per heavy atom. The van der Waals surface area contributed by atoms with Gasteiger partial charge in [-0.1, -0.05) is 43.3 Å². The van der Waals surface area contributed by atoms with Gasteiger partial charge in [-0.15, -0.1) is 0 Å². The molecule has 1 fully saturated rings. The number of amides is 1. The van der Waals surface area contributed by atoms with Crippen LogP contribution >= 0.6 is 12.2 Å². The van der Waals surface area contributed by atoms with Gasteiger partial charge in [-0.3, -0.25) is 9.78 Å². The van der Waals surface area contributed by atoms with Crippen LogP contribution in [0.1, 0.15) is 64.0 Å². The van der Waals surface area contributed by atoms with Crippen LogP contribution in [0, 0.1) is 13.8 Å². The van der Waals surface area contributed by atoms with Gasteiger partial charge in [-0.2, -0.15) is 0 Å². The number of hydrogen-bond acceptors (Lipinski definition) is 5. The van der Waals surface area contributed by atoms with Crippen molar-refractivity contribution in [2.75, 3.05) is 19.0 Å². The first-order valence-electron chi connectivity index (χ1n) is 14.1. The lowest BCUT2D eigenvalue weighted by atomic mass is 9.96. The molecule has 1 amide bonds. The highest BCUT2D eigenvalue weighted by molar-refractivity contribution is 7.80. The topological polar surface area (TPSA) is 88.5 Å². The summed E-state index contributed by atoms with van der Waals surface area (Å²) in [6.07, 6.45) is 2.86. The minimum Gasteiger partial charge on any atom is -0.465 e. The Morgan fingerprint density at radius 2 is 1.79 bits per heavy atom. The van der Waals surface area contributed by atoms with Gasteiger partial charge < -0.3 is 24.8 Å². The Labute approximate surface area is 251 Å². The maximum absolute atomic E-state index is 13.1. The number of esters is 1. The Hall–Kier alpha value is -4.50. The SMILES string of the molecule is CCc1ccccc1NC(=O)CCN1C(=S)N[C@H](c2ccccn2)[C@@H]1c1cc(C)n(-c2ccccc2C(=O)OC)c1C. The van der Waals surface area contributed by atoms with Crippen LogP contribution < -0.4 is 10.6 Å². The molecule has 216 valence electrons. The maximum atomic E-state index is 13.1. The third-order valence-electron chi connectivity index (χ3n) is 7.79. The summed E-state index contributed by atoms with van der Waals surface area (Å²) in [6, 6.07) is 22.8. The zero-order valence-electron chi connectivity index (χ0n) is 24.3. The van der Waals surface area contributed by atoms with E-state index in [-0.39, 0.29) is 24.4 Å². The van der Waals surface area contributed by atoms with Gasteiger partial charge in [0.2, 0.25) is 5.91 Å². The lowest BCUT2D eigenvalue weighted by molar-refractivity contribution is -0.116. The van der Waals surface area contributed by atoms with Crippen LogP contribution in [0.4, 0.5) is 5.69 Å². The van der Waals surface area contributed by atoms with Crippen molar-refractivity contribution in [1.82, 2.24) is 19.8 Å². The first kappa shape index (κ1) is 29.0. The number of nitrogens with zero attached hydrogens (tertiary/aromatic N) is 3. The number of para-hydroxylation sites is 2. The summed E-state index contributed by atoms with van der Waals surface area (Å²) in [6.45, 7) is 6.55. The number of thiocarbonyl (C=S) groups is 1. The van der Waals surface area contributed by atoms with E-state index in [9.17, 15) is 9.59 Å². The molecule has 4 aromatic rings. The zero-order chi connectivity index (χ0) is 29.8. The van der Waals surface area contributed by atoms with Gasteiger partial charge in [-0.25, -0.2) is 4.79 Å². The molecule has 9 heteroatoms. The number of aromatic nitrogens is 2. The molecule has 2 aromatic heterocycles.